The third-order valence-corrected chi connectivity index (χ3v) is 7.91. The second-order valence-corrected chi connectivity index (χ2v) is 12.8. The van der Waals surface area contributed by atoms with Crippen LogP contribution in [0.5, 0.6) is 5.75 Å². The number of rotatable bonds is 18. The zero-order valence-corrected chi connectivity index (χ0v) is 26.6. The van der Waals surface area contributed by atoms with Crippen LogP contribution in [-0.4, -0.2) is 70.4 Å². The molecule has 1 aromatic carbocycles. The van der Waals surface area contributed by atoms with Crippen LogP contribution in [0.3, 0.4) is 0 Å². The number of carbonyl (C=O) groups is 4. The minimum Gasteiger partial charge on any atom is -0.464 e. The summed E-state index contributed by atoms with van der Waals surface area (Å²) in [5, 5.41) is 6.36. The van der Waals surface area contributed by atoms with Gasteiger partial charge in [-0.1, -0.05) is 52.5 Å². The monoisotopic (exact) mass is 649 g/mol. The van der Waals surface area contributed by atoms with Crippen LogP contribution in [0, 0.1) is 11.8 Å². The average Bonchev–Trinajstić information content (AvgIpc) is 3.61. The van der Waals surface area contributed by atoms with Gasteiger partial charge in [-0.05, 0) is 36.8 Å². The fourth-order valence-corrected chi connectivity index (χ4v) is 5.36. The Kier molecular flexibility index (Phi) is 13.0. The number of carbonyl (C=O) groups excluding carboxylic acids is 4. The van der Waals surface area contributed by atoms with Crippen LogP contribution in [0.4, 0.5) is 0 Å². The molecule has 0 spiro atoms. The molecule has 1 aliphatic rings. The smallest absolute Gasteiger partial charge is 0.459 e. The highest BCUT2D eigenvalue weighted by molar-refractivity contribution is 7.52. The first-order valence-corrected chi connectivity index (χ1v) is 16.0. The van der Waals surface area contributed by atoms with Gasteiger partial charge in [-0.2, -0.15) is 5.09 Å². The maximum absolute atomic E-state index is 14.2. The topological polar surface area (TPSA) is 200 Å². The average molecular weight is 650 g/mol. The molecule has 1 saturated heterocycles. The molecule has 3 N–H and O–H groups in total. The molecule has 1 fully saturated rings. The zero-order chi connectivity index (χ0) is 33.1. The van der Waals surface area contributed by atoms with Gasteiger partial charge in [0, 0.05) is 6.42 Å². The third kappa shape index (κ3) is 10.9. The second-order valence-electron chi connectivity index (χ2n) is 11.1. The first-order valence-electron chi connectivity index (χ1n) is 14.5. The van der Waals surface area contributed by atoms with E-state index in [-0.39, 0.29) is 48.6 Å². The number of aromatic nitrogens is 3. The van der Waals surface area contributed by atoms with Gasteiger partial charge in [0.2, 0.25) is 12.1 Å². The summed E-state index contributed by atoms with van der Waals surface area (Å²) < 4.78 is 43.0. The molecule has 1 aromatic heterocycles. The third-order valence-electron chi connectivity index (χ3n) is 6.40. The zero-order valence-electron chi connectivity index (χ0n) is 25.7. The number of amides is 1. The molecule has 0 aliphatic carbocycles. The van der Waals surface area contributed by atoms with Gasteiger partial charge < -0.3 is 24.5 Å². The molecule has 0 bridgehead atoms. The molecule has 2 aromatic rings. The predicted octanol–water partition coefficient (Wildman–Crippen LogP) is 3.13. The minimum atomic E-state index is -4.52. The molecule has 2 heterocycles. The van der Waals surface area contributed by atoms with E-state index < -0.39 is 56.4 Å². The molecule has 4 atom stereocenters. The minimum absolute atomic E-state index is 0.0359. The number of hydrogen-bond donors (Lipinski definition) is 2. The van der Waals surface area contributed by atoms with Crippen LogP contribution >= 0.6 is 7.75 Å². The summed E-state index contributed by atoms with van der Waals surface area (Å²) in [4.78, 5) is 53.9. The molecule has 0 radical (unpaired) electrons. The van der Waals surface area contributed by atoms with Crippen molar-refractivity contribution in [1.82, 2.24) is 19.9 Å². The molecular formula is C29H40N5O10P. The van der Waals surface area contributed by atoms with Gasteiger partial charge in [0.15, 0.2) is 5.78 Å². The Morgan fingerprint density at radius 3 is 2.36 bits per heavy atom. The Morgan fingerprint density at radius 2 is 1.76 bits per heavy atom. The van der Waals surface area contributed by atoms with E-state index >= 15 is 0 Å². The van der Waals surface area contributed by atoms with Crippen molar-refractivity contribution in [2.45, 2.75) is 65.3 Å². The van der Waals surface area contributed by atoms with Crippen molar-refractivity contribution in [3.63, 3.8) is 0 Å². The number of nitrogens with two attached hydrogens (primary N) is 1. The number of nitrogens with one attached hydrogen (secondary N) is 1. The van der Waals surface area contributed by atoms with Crippen LogP contribution in [0.1, 0.15) is 63.8 Å². The van der Waals surface area contributed by atoms with E-state index in [9.17, 15) is 23.7 Å². The first-order chi connectivity index (χ1) is 21.3. The molecule has 15 nitrogen and oxygen atoms in total. The van der Waals surface area contributed by atoms with Crippen molar-refractivity contribution in [1.29, 1.82) is 0 Å². The SMILES string of the molecule is C=C(C(=O)OCCC(C)C)[C@H](NP(=O)(OC[C@@H]1CC(=O)[C@H](n2cnc(C(N)=O)n2)O1)Oc1ccccc1)C(=O)OCCC(C)C. The van der Waals surface area contributed by atoms with Crippen molar-refractivity contribution < 1.29 is 47.0 Å². The number of ketones is 1. The van der Waals surface area contributed by atoms with E-state index in [1.54, 1.807) is 18.2 Å². The number of esters is 2. The highest BCUT2D eigenvalue weighted by atomic mass is 31.2. The van der Waals surface area contributed by atoms with Crippen LogP contribution in [0.25, 0.3) is 0 Å². The molecule has 1 aliphatic heterocycles. The molecule has 1 unspecified atom stereocenters. The maximum atomic E-state index is 14.2. The summed E-state index contributed by atoms with van der Waals surface area (Å²) in [6.07, 6.45) is -0.0899. The highest BCUT2D eigenvalue weighted by Crippen LogP contribution is 2.46. The fourth-order valence-electron chi connectivity index (χ4n) is 3.84. The Labute approximate surface area is 261 Å². The summed E-state index contributed by atoms with van der Waals surface area (Å²) in [5.74, 6) is -2.83. The van der Waals surface area contributed by atoms with Gasteiger partial charge in [0.25, 0.3) is 5.91 Å². The fraction of sp³-hybridized carbons (Fsp3) is 0.517. The van der Waals surface area contributed by atoms with Crippen molar-refractivity contribution in [3.05, 3.63) is 54.6 Å². The van der Waals surface area contributed by atoms with Gasteiger partial charge in [-0.25, -0.2) is 23.8 Å². The quantitative estimate of drug-likeness (QED) is 0.136. The predicted molar refractivity (Wildman–Crippen MR) is 160 cm³/mol. The van der Waals surface area contributed by atoms with E-state index in [1.807, 2.05) is 27.7 Å². The van der Waals surface area contributed by atoms with Crippen LogP contribution in [0.2, 0.25) is 0 Å². The lowest BCUT2D eigenvalue weighted by atomic mass is 10.1. The molecule has 3 rings (SSSR count). The second kappa shape index (κ2) is 16.4. The first kappa shape index (κ1) is 35.6. The molecule has 0 saturated carbocycles. The molecule has 246 valence electrons. The van der Waals surface area contributed by atoms with Gasteiger partial charge in [0.1, 0.15) is 18.1 Å². The largest absolute Gasteiger partial charge is 0.464 e. The highest BCUT2D eigenvalue weighted by Gasteiger charge is 2.41. The Bertz CT molecular complexity index is 1400. The number of para-hydroxylation sites is 1. The van der Waals surface area contributed by atoms with Crippen LogP contribution in [0.15, 0.2) is 48.8 Å². The lowest BCUT2D eigenvalue weighted by Crippen LogP contribution is -2.42. The number of nitrogens with zero attached hydrogens (tertiary/aromatic N) is 3. The summed E-state index contributed by atoms with van der Waals surface area (Å²) in [7, 11) is -4.52. The van der Waals surface area contributed by atoms with E-state index in [2.05, 4.69) is 21.7 Å². The summed E-state index contributed by atoms with van der Waals surface area (Å²) in [6.45, 7) is 11.2. The van der Waals surface area contributed by atoms with Crippen molar-refractivity contribution >= 4 is 31.4 Å². The lowest BCUT2D eigenvalue weighted by molar-refractivity contribution is -0.148. The Hall–Kier alpha value is -3.91. The Morgan fingerprint density at radius 1 is 1.11 bits per heavy atom. The number of Topliss-reactive ketones (excluding diaryl/α,β-unsaturated/α-hetero) is 1. The number of primary amides is 1. The molecule has 16 heteroatoms. The standard InChI is InChI=1S/C29H40N5O10P/c1-18(2)11-13-40-28(37)20(5)24(29(38)41-14-12-19(3)4)33-45(39,44-21-9-7-6-8-10-21)42-16-22-15-23(35)27(43-22)34-17-31-26(32-34)25(30)36/h6-10,17-19,22,24,27H,5,11-16H2,1-4H3,(H2,30,36)(H,33,39)/t22-,24-,27+,45?/m0/s1. The van der Waals surface area contributed by atoms with E-state index in [1.165, 1.54) is 12.1 Å². The number of ether oxygens (including phenoxy) is 3. The molecule has 45 heavy (non-hydrogen) atoms. The van der Waals surface area contributed by atoms with Crippen LogP contribution in [-0.2, 0) is 37.7 Å². The Balaban J connectivity index is 1.81. The van der Waals surface area contributed by atoms with Crippen molar-refractivity contribution in [3.8, 4) is 5.75 Å². The summed E-state index contributed by atoms with van der Waals surface area (Å²) >= 11 is 0. The lowest BCUT2D eigenvalue weighted by Gasteiger charge is -2.26. The maximum Gasteiger partial charge on any atom is 0.459 e. The number of benzene rings is 1. The normalized spacial score (nSPS) is 18.4. The van der Waals surface area contributed by atoms with E-state index in [0.29, 0.717) is 12.8 Å². The summed E-state index contributed by atoms with van der Waals surface area (Å²) in [6, 6.07) is 6.32. The summed E-state index contributed by atoms with van der Waals surface area (Å²) in [5.41, 5.74) is 4.82. The van der Waals surface area contributed by atoms with E-state index in [4.69, 9.17) is 29.0 Å². The van der Waals surface area contributed by atoms with Gasteiger partial charge in [-0.3, -0.25) is 14.1 Å². The van der Waals surface area contributed by atoms with Gasteiger partial charge in [-0.15, -0.1) is 5.10 Å². The molecule has 1 amide bonds. The van der Waals surface area contributed by atoms with Gasteiger partial charge in [0.05, 0.1) is 31.5 Å². The molecular weight excluding hydrogens is 609 g/mol. The van der Waals surface area contributed by atoms with Crippen molar-refractivity contribution in [2.75, 3.05) is 19.8 Å². The van der Waals surface area contributed by atoms with E-state index in [0.717, 1.165) is 11.0 Å². The van der Waals surface area contributed by atoms with Gasteiger partial charge >= 0.3 is 19.7 Å². The number of hydrogen-bond acceptors (Lipinski definition) is 12. The van der Waals surface area contributed by atoms with Crippen molar-refractivity contribution in [2.24, 2.45) is 17.6 Å². The van der Waals surface area contributed by atoms with Crippen LogP contribution < -0.4 is 15.3 Å².